The SMILES string of the molecule is COc1cc2c(cc1OC)C1CCC2N1C(=O)OC(C)(C)C. The molecule has 2 bridgehead atoms. The largest absolute Gasteiger partial charge is 0.493 e. The fourth-order valence-corrected chi connectivity index (χ4v) is 3.48. The van der Waals surface area contributed by atoms with Crippen LogP contribution in [0.4, 0.5) is 4.79 Å². The smallest absolute Gasteiger partial charge is 0.411 e. The van der Waals surface area contributed by atoms with Crippen LogP contribution in [-0.4, -0.2) is 30.8 Å². The molecule has 22 heavy (non-hydrogen) atoms. The van der Waals surface area contributed by atoms with Gasteiger partial charge in [0.05, 0.1) is 26.3 Å². The van der Waals surface area contributed by atoms with Crippen molar-refractivity contribution in [3.63, 3.8) is 0 Å². The summed E-state index contributed by atoms with van der Waals surface area (Å²) in [4.78, 5) is 14.4. The lowest BCUT2D eigenvalue weighted by atomic mass is 9.91. The number of fused-ring (bicyclic) bond motifs is 5. The van der Waals surface area contributed by atoms with Crippen LogP contribution in [0.15, 0.2) is 12.1 Å². The molecule has 1 aromatic rings. The number of amides is 1. The number of methoxy groups -OCH3 is 2. The molecule has 120 valence electrons. The zero-order chi connectivity index (χ0) is 16.1. The van der Waals surface area contributed by atoms with Crippen LogP contribution in [0.25, 0.3) is 0 Å². The second-order valence-corrected chi connectivity index (χ2v) is 6.83. The van der Waals surface area contributed by atoms with Crippen LogP contribution in [-0.2, 0) is 4.74 Å². The van der Waals surface area contributed by atoms with Crippen molar-refractivity contribution in [2.24, 2.45) is 0 Å². The molecule has 1 fully saturated rings. The predicted molar refractivity (Wildman–Crippen MR) is 82.3 cm³/mol. The predicted octanol–water partition coefficient (Wildman–Crippen LogP) is 3.83. The highest BCUT2D eigenvalue weighted by molar-refractivity contribution is 5.72. The summed E-state index contributed by atoms with van der Waals surface area (Å²) in [6.07, 6.45) is 1.69. The van der Waals surface area contributed by atoms with Crippen molar-refractivity contribution in [2.45, 2.75) is 51.3 Å². The van der Waals surface area contributed by atoms with Gasteiger partial charge >= 0.3 is 6.09 Å². The average Bonchev–Trinajstić information content (AvgIpc) is 3.00. The molecule has 2 aliphatic heterocycles. The van der Waals surface area contributed by atoms with Gasteiger partial charge in [-0.25, -0.2) is 4.79 Å². The normalized spacial score (nSPS) is 22.5. The molecular weight excluding hydrogens is 282 g/mol. The molecule has 2 atom stereocenters. The first-order valence-electron chi connectivity index (χ1n) is 7.63. The quantitative estimate of drug-likeness (QED) is 0.833. The van der Waals surface area contributed by atoms with E-state index in [9.17, 15) is 4.79 Å². The van der Waals surface area contributed by atoms with Crippen LogP contribution >= 0.6 is 0 Å². The first kappa shape index (κ1) is 15.0. The molecule has 2 heterocycles. The minimum atomic E-state index is -0.485. The van der Waals surface area contributed by atoms with E-state index in [0.29, 0.717) is 11.5 Å². The molecule has 1 amide bonds. The third-order valence-corrected chi connectivity index (χ3v) is 4.30. The third-order valence-electron chi connectivity index (χ3n) is 4.30. The molecule has 5 heteroatoms. The van der Waals surface area contributed by atoms with Gasteiger partial charge in [0.2, 0.25) is 0 Å². The maximum atomic E-state index is 12.5. The van der Waals surface area contributed by atoms with Gasteiger partial charge in [0, 0.05) is 0 Å². The van der Waals surface area contributed by atoms with Crippen molar-refractivity contribution in [1.29, 1.82) is 0 Å². The molecule has 0 aliphatic carbocycles. The number of hydrogen-bond acceptors (Lipinski definition) is 4. The van der Waals surface area contributed by atoms with E-state index in [4.69, 9.17) is 14.2 Å². The zero-order valence-electron chi connectivity index (χ0n) is 13.8. The third kappa shape index (κ3) is 2.28. The van der Waals surface area contributed by atoms with Crippen LogP contribution in [0.5, 0.6) is 11.5 Å². The zero-order valence-corrected chi connectivity index (χ0v) is 13.8. The van der Waals surface area contributed by atoms with Crippen molar-refractivity contribution in [3.05, 3.63) is 23.3 Å². The van der Waals surface area contributed by atoms with E-state index in [0.717, 1.165) is 24.0 Å². The summed E-state index contributed by atoms with van der Waals surface area (Å²) in [7, 11) is 3.26. The Morgan fingerprint density at radius 2 is 1.50 bits per heavy atom. The van der Waals surface area contributed by atoms with Gasteiger partial charge in [-0.2, -0.15) is 0 Å². The Labute approximate surface area is 131 Å². The van der Waals surface area contributed by atoms with Gasteiger partial charge in [0.1, 0.15) is 5.60 Å². The number of hydrogen-bond donors (Lipinski definition) is 0. The lowest BCUT2D eigenvalue weighted by molar-refractivity contribution is 0.0177. The fourth-order valence-electron chi connectivity index (χ4n) is 3.48. The maximum Gasteiger partial charge on any atom is 0.411 e. The Morgan fingerprint density at radius 1 is 1.05 bits per heavy atom. The van der Waals surface area contributed by atoms with Crippen molar-refractivity contribution >= 4 is 6.09 Å². The van der Waals surface area contributed by atoms with Gasteiger partial charge in [-0.05, 0) is 56.9 Å². The molecule has 5 nitrogen and oxygen atoms in total. The van der Waals surface area contributed by atoms with Crippen LogP contribution in [0.1, 0.15) is 56.8 Å². The summed E-state index contributed by atoms with van der Waals surface area (Å²) in [6.45, 7) is 5.67. The van der Waals surface area contributed by atoms with Crippen molar-refractivity contribution < 1.29 is 19.0 Å². The summed E-state index contributed by atoms with van der Waals surface area (Å²) in [5, 5.41) is 0. The number of benzene rings is 1. The standard InChI is InChI=1S/C17H23NO4/c1-17(2,3)22-16(19)18-12-6-7-13(18)11-9-15(21-5)14(20-4)8-10(11)12/h8-9,12-13H,6-7H2,1-5H3. The van der Waals surface area contributed by atoms with Crippen molar-refractivity contribution in [1.82, 2.24) is 4.90 Å². The lowest BCUT2D eigenvalue weighted by Gasteiger charge is -2.27. The molecule has 0 spiro atoms. The second kappa shape index (κ2) is 5.07. The van der Waals surface area contributed by atoms with E-state index >= 15 is 0 Å². The lowest BCUT2D eigenvalue weighted by Crippen LogP contribution is -2.34. The second-order valence-electron chi connectivity index (χ2n) is 6.83. The first-order chi connectivity index (χ1) is 10.4. The van der Waals surface area contributed by atoms with E-state index in [1.54, 1.807) is 14.2 Å². The van der Waals surface area contributed by atoms with E-state index in [1.807, 2.05) is 37.8 Å². The summed E-state index contributed by atoms with van der Waals surface area (Å²) >= 11 is 0. The van der Waals surface area contributed by atoms with Gasteiger partial charge in [0.15, 0.2) is 11.5 Å². The van der Waals surface area contributed by atoms with Crippen LogP contribution in [0.3, 0.4) is 0 Å². The molecule has 2 aliphatic rings. The van der Waals surface area contributed by atoms with Gasteiger partial charge < -0.3 is 14.2 Å². The number of carbonyl (C=O) groups is 1. The molecule has 3 rings (SSSR count). The Balaban J connectivity index is 1.95. The highest BCUT2D eigenvalue weighted by atomic mass is 16.6. The molecule has 0 aromatic heterocycles. The molecule has 0 N–H and O–H groups in total. The number of carbonyl (C=O) groups excluding carboxylic acids is 1. The summed E-state index contributed by atoms with van der Waals surface area (Å²) in [6, 6.07) is 4.15. The van der Waals surface area contributed by atoms with E-state index in [-0.39, 0.29) is 18.2 Å². The molecule has 1 saturated heterocycles. The summed E-state index contributed by atoms with van der Waals surface area (Å²) < 4.78 is 16.3. The first-order valence-corrected chi connectivity index (χ1v) is 7.63. The van der Waals surface area contributed by atoms with E-state index < -0.39 is 5.60 Å². The van der Waals surface area contributed by atoms with Gasteiger partial charge in [0.25, 0.3) is 0 Å². The van der Waals surface area contributed by atoms with E-state index in [2.05, 4.69) is 0 Å². The monoisotopic (exact) mass is 305 g/mol. The minimum absolute atomic E-state index is 0.0784. The average molecular weight is 305 g/mol. The van der Waals surface area contributed by atoms with Crippen molar-refractivity contribution in [3.8, 4) is 11.5 Å². The summed E-state index contributed by atoms with van der Waals surface area (Å²) in [5.41, 5.74) is 1.82. The minimum Gasteiger partial charge on any atom is -0.493 e. The van der Waals surface area contributed by atoms with Gasteiger partial charge in [-0.1, -0.05) is 0 Å². The summed E-state index contributed by atoms with van der Waals surface area (Å²) in [5.74, 6) is 1.41. The molecule has 2 unspecified atom stereocenters. The molecular formula is C17H23NO4. The fraction of sp³-hybridized carbons (Fsp3) is 0.588. The molecule has 0 saturated carbocycles. The van der Waals surface area contributed by atoms with Gasteiger partial charge in [-0.3, -0.25) is 4.90 Å². The molecule has 1 aromatic carbocycles. The Kier molecular flexibility index (Phi) is 3.46. The highest BCUT2D eigenvalue weighted by Crippen LogP contribution is 2.55. The topological polar surface area (TPSA) is 48.0 Å². The molecule has 0 radical (unpaired) electrons. The number of nitrogens with zero attached hydrogens (tertiary/aromatic N) is 1. The van der Waals surface area contributed by atoms with Crippen LogP contribution < -0.4 is 9.47 Å². The number of rotatable bonds is 2. The maximum absolute atomic E-state index is 12.5. The number of ether oxygens (including phenoxy) is 3. The van der Waals surface area contributed by atoms with Gasteiger partial charge in [-0.15, -0.1) is 0 Å². The Hall–Kier alpha value is -1.91. The van der Waals surface area contributed by atoms with Crippen LogP contribution in [0.2, 0.25) is 0 Å². The Morgan fingerprint density at radius 3 is 1.86 bits per heavy atom. The Bertz CT molecular complexity index is 566. The van der Waals surface area contributed by atoms with E-state index in [1.165, 1.54) is 0 Å². The van der Waals surface area contributed by atoms with Crippen LogP contribution in [0, 0.1) is 0 Å². The highest BCUT2D eigenvalue weighted by Gasteiger charge is 2.48. The van der Waals surface area contributed by atoms with Crippen molar-refractivity contribution in [2.75, 3.05) is 14.2 Å².